The number of guanidine groups is 1. The van der Waals surface area contributed by atoms with Crippen LogP contribution in [0.1, 0.15) is 43.9 Å². The zero-order valence-corrected chi connectivity index (χ0v) is 20.5. The summed E-state index contributed by atoms with van der Waals surface area (Å²) < 4.78 is 0. The van der Waals surface area contributed by atoms with E-state index in [-0.39, 0.29) is 24.0 Å². The lowest BCUT2D eigenvalue weighted by atomic mass is 9.98. The summed E-state index contributed by atoms with van der Waals surface area (Å²) in [7, 11) is 0. The summed E-state index contributed by atoms with van der Waals surface area (Å²) in [6.07, 6.45) is 6.72. The van der Waals surface area contributed by atoms with Gasteiger partial charge in [0.05, 0.1) is 0 Å². The predicted molar refractivity (Wildman–Crippen MR) is 132 cm³/mol. The van der Waals surface area contributed by atoms with Crippen LogP contribution in [0.5, 0.6) is 0 Å². The predicted octanol–water partition coefficient (Wildman–Crippen LogP) is 3.62. The molecule has 5 nitrogen and oxygen atoms in total. The molecule has 2 aliphatic heterocycles. The molecule has 0 radical (unpaired) electrons. The summed E-state index contributed by atoms with van der Waals surface area (Å²) in [5, 5.41) is 9.14. The molecule has 0 amide bonds. The normalized spacial score (nSPS) is 21.9. The van der Waals surface area contributed by atoms with Gasteiger partial charge >= 0.3 is 0 Å². The highest BCUT2D eigenvalue weighted by atomic mass is 127. The van der Waals surface area contributed by atoms with E-state index in [4.69, 9.17) is 4.99 Å². The molecule has 0 bridgehead atoms. The molecular formula is C21H38IN5S. The molecular weight excluding hydrogens is 481 g/mol. The largest absolute Gasteiger partial charge is 0.357 e. The number of hydrogen-bond donors (Lipinski definition) is 2. The summed E-state index contributed by atoms with van der Waals surface area (Å²) in [5.41, 5.74) is 0. The lowest BCUT2D eigenvalue weighted by molar-refractivity contribution is 0.172. The third kappa shape index (κ3) is 8.55. The molecule has 0 saturated carbocycles. The highest BCUT2D eigenvalue weighted by Crippen LogP contribution is 2.20. The van der Waals surface area contributed by atoms with Crippen molar-refractivity contribution in [3.05, 3.63) is 22.4 Å². The number of aliphatic imine (C=N–C) groups is 1. The van der Waals surface area contributed by atoms with Crippen LogP contribution in [0.15, 0.2) is 22.5 Å². The topological polar surface area (TPSA) is 42.9 Å². The van der Waals surface area contributed by atoms with Crippen LogP contribution in [0.4, 0.5) is 0 Å². The fraction of sp³-hybridized carbons (Fsp3) is 0.762. The second kappa shape index (κ2) is 13.8. The first-order chi connectivity index (χ1) is 13.3. The van der Waals surface area contributed by atoms with Gasteiger partial charge in [0.1, 0.15) is 0 Å². The third-order valence-corrected chi connectivity index (χ3v) is 6.44. The summed E-state index contributed by atoms with van der Waals surface area (Å²) >= 11 is 1.87. The Kier molecular flexibility index (Phi) is 11.8. The smallest absolute Gasteiger partial charge is 0.191 e. The number of piperidine rings is 2. The summed E-state index contributed by atoms with van der Waals surface area (Å²) in [4.78, 5) is 11.6. The van der Waals surface area contributed by atoms with Crippen LogP contribution in [0.2, 0.25) is 0 Å². The second-order valence-corrected chi connectivity index (χ2v) is 8.90. The fourth-order valence-electron chi connectivity index (χ4n) is 4.14. The van der Waals surface area contributed by atoms with Crippen LogP contribution in [-0.2, 0) is 6.54 Å². The minimum atomic E-state index is 0. The van der Waals surface area contributed by atoms with Gasteiger partial charge < -0.3 is 15.5 Å². The highest BCUT2D eigenvalue weighted by molar-refractivity contribution is 14.0. The van der Waals surface area contributed by atoms with E-state index in [1.807, 2.05) is 11.3 Å². The molecule has 2 saturated heterocycles. The number of rotatable bonds is 8. The highest BCUT2D eigenvalue weighted by Gasteiger charge is 2.20. The summed E-state index contributed by atoms with van der Waals surface area (Å²) in [5.74, 6) is 1.67. The van der Waals surface area contributed by atoms with Gasteiger partial charge in [-0.15, -0.1) is 35.3 Å². The molecule has 2 aliphatic rings. The molecule has 3 heterocycles. The lowest BCUT2D eigenvalue weighted by Gasteiger charge is -2.31. The van der Waals surface area contributed by atoms with E-state index in [1.54, 1.807) is 0 Å². The Bertz CT molecular complexity index is 545. The van der Waals surface area contributed by atoms with Gasteiger partial charge in [0.25, 0.3) is 0 Å². The first-order valence-corrected chi connectivity index (χ1v) is 11.7. The maximum absolute atomic E-state index is 4.90. The maximum atomic E-state index is 4.90. The molecule has 28 heavy (non-hydrogen) atoms. The zero-order valence-electron chi connectivity index (χ0n) is 17.4. The molecule has 0 spiro atoms. The van der Waals surface area contributed by atoms with Crippen molar-refractivity contribution in [3.63, 3.8) is 0 Å². The van der Waals surface area contributed by atoms with Gasteiger partial charge in [-0.05, 0) is 69.6 Å². The average molecular weight is 520 g/mol. The Morgan fingerprint density at radius 2 is 1.96 bits per heavy atom. The number of nitrogens with zero attached hydrogens (tertiary/aromatic N) is 3. The Hall–Kier alpha value is -0.380. The summed E-state index contributed by atoms with van der Waals surface area (Å²) in [6, 6.07) is 4.41. The average Bonchev–Trinajstić information content (AvgIpc) is 3.20. The maximum Gasteiger partial charge on any atom is 0.191 e. The van der Waals surface area contributed by atoms with E-state index in [0.29, 0.717) is 5.92 Å². The first kappa shape index (κ1) is 23.9. The molecule has 1 aromatic heterocycles. The first-order valence-electron chi connectivity index (χ1n) is 10.8. The van der Waals surface area contributed by atoms with Gasteiger partial charge in [0.2, 0.25) is 0 Å². The fourth-order valence-corrected chi connectivity index (χ4v) is 4.89. The number of thiophene rings is 1. The Morgan fingerprint density at radius 3 is 2.71 bits per heavy atom. The van der Waals surface area contributed by atoms with Crippen molar-refractivity contribution in [2.75, 3.05) is 52.4 Å². The van der Waals surface area contributed by atoms with E-state index in [9.17, 15) is 0 Å². The Balaban J connectivity index is 0.00000280. The second-order valence-electron chi connectivity index (χ2n) is 7.87. The molecule has 3 rings (SSSR count). The van der Waals surface area contributed by atoms with Crippen molar-refractivity contribution >= 4 is 41.3 Å². The monoisotopic (exact) mass is 519 g/mol. The van der Waals surface area contributed by atoms with Crippen LogP contribution in [0.25, 0.3) is 0 Å². The number of nitrogens with one attached hydrogen (secondary N) is 2. The van der Waals surface area contributed by atoms with Crippen molar-refractivity contribution < 1.29 is 0 Å². The molecule has 0 aliphatic carbocycles. The van der Waals surface area contributed by atoms with E-state index in [1.165, 1.54) is 63.2 Å². The number of likely N-dealkylation sites (tertiary alicyclic amines) is 2. The molecule has 2 fully saturated rings. The minimum Gasteiger partial charge on any atom is -0.357 e. The van der Waals surface area contributed by atoms with Crippen LogP contribution >= 0.6 is 35.3 Å². The van der Waals surface area contributed by atoms with Crippen molar-refractivity contribution in [1.29, 1.82) is 0 Å². The quantitative estimate of drug-likeness (QED) is 0.313. The Morgan fingerprint density at radius 1 is 1.14 bits per heavy atom. The van der Waals surface area contributed by atoms with Crippen molar-refractivity contribution in [3.8, 4) is 0 Å². The minimum absolute atomic E-state index is 0. The van der Waals surface area contributed by atoms with E-state index >= 15 is 0 Å². The van der Waals surface area contributed by atoms with Crippen molar-refractivity contribution in [2.45, 2.75) is 45.6 Å². The van der Waals surface area contributed by atoms with Crippen molar-refractivity contribution in [1.82, 2.24) is 20.4 Å². The molecule has 1 aromatic rings. The standard InChI is InChI=1S/C21H37N5S.HI/c1-2-22-21(23-10-14-25-11-4-3-5-12-25)24-16-19-8-6-13-26(17-19)18-20-9-7-15-27-20;/h7,9,15,19H,2-6,8,10-14,16-18H2,1H3,(H2,22,23,24);1H. The number of hydrogen-bond acceptors (Lipinski definition) is 4. The molecule has 1 atom stereocenters. The molecule has 160 valence electrons. The van der Waals surface area contributed by atoms with E-state index in [2.05, 4.69) is 44.9 Å². The van der Waals surface area contributed by atoms with Gasteiger partial charge in [-0.25, -0.2) is 0 Å². The summed E-state index contributed by atoms with van der Waals surface area (Å²) in [6.45, 7) is 12.1. The van der Waals surface area contributed by atoms with Crippen LogP contribution in [0.3, 0.4) is 0 Å². The van der Waals surface area contributed by atoms with Gasteiger partial charge in [0, 0.05) is 44.1 Å². The molecule has 1 unspecified atom stereocenters. The van der Waals surface area contributed by atoms with Gasteiger partial charge in [0.15, 0.2) is 5.96 Å². The molecule has 0 aromatic carbocycles. The zero-order chi connectivity index (χ0) is 18.7. The SMILES string of the molecule is CCNC(=NCC1CCCN(Cc2cccs2)C1)NCCN1CCCCC1.I. The molecule has 2 N–H and O–H groups in total. The third-order valence-electron chi connectivity index (χ3n) is 5.58. The van der Waals surface area contributed by atoms with E-state index in [0.717, 1.165) is 38.7 Å². The number of halogens is 1. The molecule has 7 heteroatoms. The lowest BCUT2D eigenvalue weighted by Crippen LogP contribution is -2.43. The van der Waals surface area contributed by atoms with E-state index < -0.39 is 0 Å². The van der Waals surface area contributed by atoms with Gasteiger partial charge in [-0.3, -0.25) is 9.89 Å². The van der Waals surface area contributed by atoms with Crippen LogP contribution < -0.4 is 10.6 Å². The van der Waals surface area contributed by atoms with Crippen molar-refractivity contribution in [2.24, 2.45) is 10.9 Å². The van der Waals surface area contributed by atoms with Gasteiger partial charge in [-0.1, -0.05) is 12.5 Å². The Labute approximate surface area is 192 Å². The van der Waals surface area contributed by atoms with Gasteiger partial charge in [-0.2, -0.15) is 0 Å². The van der Waals surface area contributed by atoms with Crippen LogP contribution in [0, 0.1) is 5.92 Å². The van der Waals surface area contributed by atoms with Crippen LogP contribution in [-0.4, -0.2) is 68.1 Å².